The average molecular weight is 491 g/mol. The van der Waals surface area contributed by atoms with Crippen LogP contribution in [0.25, 0.3) is 0 Å². The third-order valence-corrected chi connectivity index (χ3v) is 5.33. The Hall–Kier alpha value is -3.43. The lowest BCUT2D eigenvalue weighted by molar-refractivity contribution is -0.145. The van der Waals surface area contributed by atoms with Crippen molar-refractivity contribution in [1.29, 1.82) is 0 Å². The first-order valence-electron chi connectivity index (χ1n) is 10.4. The number of amides is 1. The predicted octanol–water partition coefficient (Wildman–Crippen LogP) is 1.66. The molecule has 3 N–H and O–H groups in total. The van der Waals surface area contributed by atoms with E-state index in [1.807, 2.05) is 24.3 Å². The molecule has 34 heavy (non-hydrogen) atoms. The summed E-state index contributed by atoms with van der Waals surface area (Å²) in [6.45, 7) is 2.43. The second-order valence-electron chi connectivity index (χ2n) is 8.00. The maximum absolute atomic E-state index is 13.1. The van der Waals surface area contributed by atoms with Gasteiger partial charge in [-0.05, 0) is 41.7 Å². The van der Waals surface area contributed by atoms with Crippen molar-refractivity contribution >= 4 is 36.2 Å². The summed E-state index contributed by atoms with van der Waals surface area (Å²) >= 11 is 0. The van der Waals surface area contributed by atoms with Crippen molar-refractivity contribution in [3.05, 3.63) is 59.2 Å². The Morgan fingerprint density at radius 3 is 2.06 bits per heavy atom. The molecule has 0 fully saturated rings. The number of rotatable bonds is 7. The topological polar surface area (TPSA) is 134 Å². The Balaban J connectivity index is 0.00000408. The van der Waals surface area contributed by atoms with Crippen molar-refractivity contribution in [2.75, 3.05) is 7.11 Å². The van der Waals surface area contributed by atoms with E-state index in [0.29, 0.717) is 18.4 Å². The highest BCUT2D eigenvalue weighted by molar-refractivity contribution is 5.92. The number of nitrogens with one attached hydrogen (secondary N) is 1. The van der Waals surface area contributed by atoms with E-state index in [1.54, 1.807) is 6.07 Å². The number of carbonyl (C=O) groups is 4. The monoisotopic (exact) mass is 490 g/mol. The number of fused-ring (bicyclic) bond motifs is 1. The molecule has 2 aromatic rings. The summed E-state index contributed by atoms with van der Waals surface area (Å²) in [5, 5.41) is 2.71. The van der Waals surface area contributed by atoms with Crippen LogP contribution in [0.4, 0.5) is 0 Å². The van der Waals surface area contributed by atoms with Gasteiger partial charge >= 0.3 is 17.9 Å². The van der Waals surface area contributed by atoms with Gasteiger partial charge in [-0.2, -0.15) is 0 Å². The third-order valence-electron chi connectivity index (χ3n) is 5.33. The van der Waals surface area contributed by atoms with Gasteiger partial charge in [-0.1, -0.05) is 30.3 Å². The van der Waals surface area contributed by atoms with Gasteiger partial charge in [0.2, 0.25) is 5.91 Å². The number of carbonyl (C=O) groups excluding carboxylic acids is 4. The van der Waals surface area contributed by atoms with E-state index < -0.39 is 35.4 Å². The standard InChI is InChI=1S/C24H26N2O7.ClH/c1-14(27)32-20-9-8-16(11-21(20)33-15(2)28)10-19(22(29)31-3)26-23(30)24(25)12-17-6-4-5-7-18(17)13-24;/h4-9,11,19H,10,12-13,25H2,1-3H3,(H,26,30);1H/t19-;/m1./s1. The van der Waals surface area contributed by atoms with Gasteiger partial charge in [0, 0.05) is 20.3 Å². The molecule has 2 aromatic carbocycles. The van der Waals surface area contributed by atoms with Gasteiger partial charge in [-0.3, -0.25) is 14.4 Å². The Morgan fingerprint density at radius 2 is 1.53 bits per heavy atom. The van der Waals surface area contributed by atoms with E-state index in [9.17, 15) is 19.2 Å². The lowest BCUT2D eigenvalue weighted by Crippen LogP contribution is -2.58. The zero-order valence-corrected chi connectivity index (χ0v) is 19.9. The molecule has 1 atom stereocenters. The van der Waals surface area contributed by atoms with Crippen LogP contribution < -0.4 is 20.5 Å². The molecule has 1 amide bonds. The molecule has 0 spiro atoms. The molecule has 3 rings (SSSR count). The summed E-state index contributed by atoms with van der Waals surface area (Å²) in [6.07, 6.45) is 0.753. The van der Waals surface area contributed by atoms with Crippen molar-refractivity contribution in [3.8, 4) is 11.5 Å². The van der Waals surface area contributed by atoms with Crippen LogP contribution in [0.2, 0.25) is 0 Å². The van der Waals surface area contributed by atoms with Gasteiger partial charge in [0.15, 0.2) is 11.5 Å². The van der Waals surface area contributed by atoms with Crippen molar-refractivity contribution in [1.82, 2.24) is 5.32 Å². The van der Waals surface area contributed by atoms with Crippen LogP contribution in [-0.4, -0.2) is 42.5 Å². The first-order valence-corrected chi connectivity index (χ1v) is 10.4. The molecule has 9 nitrogen and oxygen atoms in total. The van der Waals surface area contributed by atoms with Gasteiger partial charge in [-0.15, -0.1) is 12.4 Å². The van der Waals surface area contributed by atoms with Gasteiger partial charge in [-0.25, -0.2) is 4.79 Å². The smallest absolute Gasteiger partial charge is 0.328 e. The van der Waals surface area contributed by atoms with Crippen LogP contribution in [0.3, 0.4) is 0 Å². The number of esters is 3. The third kappa shape index (κ3) is 6.33. The molecular weight excluding hydrogens is 464 g/mol. The van der Waals surface area contributed by atoms with E-state index in [-0.39, 0.29) is 30.3 Å². The van der Waals surface area contributed by atoms with E-state index >= 15 is 0 Å². The number of methoxy groups -OCH3 is 1. The molecule has 182 valence electrons. The minimum absolute atomic E-state index is 0. The lowest BCUT2D eigenvalue weighted by Gasteiger charge is -2.26. The van der Waals surface area contributed by atoms with Gasteiger partial charge in [0.25, 0.3) is 0 Å². The minimum Gasteiger partial charge on any atom is -0.467 e. The molecule has 0 bridgehead atoms. The van der Waals surface area contributed by atoms with Crippen molar-refractivity contribution in [3.63, 3.8) is 0 Å². The summed E-state index contributed by atoms with van der Waals surface area (Å²) in [5.74, 6) is -2.23. The Labute approximate surface area is 203 Å². The summed E-state index contributed by atoms with van der Waals surface area (Å²) < 4.78 is 15.1. The van der Waals surface area contributed by atoms with E-state index in [4.69, 9.17) is 19.9 Å². The second kappa shape index (κ2) is 11.1. The van der Waals surface area contributed by atoms with Crippen molar-refractivity contribution in [2.24, 2.45) is 5.73 Å². The van der Waals surface area contributed by atoms with Crippen LogP contribution in [0.15, 0.2) is 42.5 Å². The van der Waals surface area contributed by atoms with Crippen LogP contribution in [0.5, 0.6) is 11.5 Å². The SMILES string of the molecule is COC(=O)[C@@H](Cc1ccc(OC(C)=O)c(OC(C)=O)c1)NC(=O)C1(N)Cc2ccccc2C1.Cl. The number of halogens is 1. The number of hydrogen-bond donors (Lipinski definition) is 2. The quantitative estimate of drug-likeness (QED) is 0.442. The van der Waals surface area contributed by atoms with Gasteiger partial charge < -0.3 is 25.3 Å². The minimum atomic E-state index is -1.18. The zero-order valence-electron chi connectivity index (χ0n) is 19.1. The summed E-state index contributed by atoms with van der Waals surface area (Å²) in [5.41, 5.74) is 7.76. The first-order chi connectivity index (χ1) is 15.6. The molecule has 0 unspecified atom stereocenters. The molecule has 1 aliphatic rings. The predicted molar refractivity (Wildman–Crippen MR) is 125 cm³/mol. The lowest BCUT2D eigenvalue weighted by atomic mass is 9.95. The summed E-state index contributed by atoms with van der Waals surface area (Å²) in [7, 11) is 1.22. The molecular formula is C24H27ClN2O7. The Morgan fingerprint density at radius 1 is 0.971 bits per heavy atom. The molecule has 0 aromatic heterocycles. The molecule has 1 aliphatic carbocycles. The fraction of sp³-hybridized carbons (Fsp3) is 0.333. The fourth-order valence-electron chi connectivity index (χ4n) is 3.83. The highest BCUT2D eigenvalue weighted by Crippen LogP contribution is 2.30. The zero-order chi connectivity index (χ0) is 24.2. The molecule has 0 saturated heterocycles. The van der Waals surface area contributed by atoms with Gasteiger partial charge in [0.1, 0.15) is 11.6 Å². The number of ether oxygens (including phenoxy) is 3. The summed E-state index contributed by atoms with van der Waals surface area (Å²) in [4.78, 5) is 48.3. The Bertz CT molecular complexity index is 1080. The summed E-state index contributed by atoms with van der Waals surface area (Å²) in [6, 6.07) is 11.1. The Kier molecular flexibility index (Phi) is 8.78. The van der Waals surface area contributed by atoms with Crippen LogP contribution in [-0.2, 0) is 43.2 Å². The molecule has 0 saturated carbocycles. The second-order valence-corrected chi connectivity index (χ2v) is 8.00. The largest absolute Gasteiger partial charge is 0.467 e. The first kappa shape index (κ1) is 26.8. The van der Waals surface area contributed by atoms with Crippen molar-refractivity contribution in [2.45, 2.75) is 44.7 Å². The van der Waals surface area contributed by atoms with Crippen molar-refractivity contribution < 1.29 is 33.4 Å². The van der Waals surface area contributed by atoms with Crippen LogP contribution >= 0.6 is 12.4 Å². The molecule has 0 aliphatic heterocycles. The van der Waals surface area contributed by atoms with Crippen LogP contribution in [0, 0.1) is 0 Å². The maximum atomic E-state index is 13.1. The van der Waals surface area contributed by atoms with Crippen LogP contribution in [0.1, 0.15) is 30.5 Å². The molecule has 0 radical (unpaired) electrons. The highest BCUT2D eigenvalue weighted by atomic mass is 35.5. The number of nitrogens with two attached hydrogens (primary N) is 1. The molecule has 10 heteroatoms. The fourth-order valence-corrected chi connectivity index (χ4v) is 3.83. The van der Waals surface area contributed by atoms with E-state index in [1.165, 1.54) is 33.1 Å². The maximum Gasteiger partial charge on any atom is 0.328 e. The average Bonchev–Trinajstić information content (AvgIpc) is 3.11. The highest BCUT2D eigenvalue weighted by Gasteiger charge is 2.41. The normalized spacial score (nSPS) is 14.1. The number of hydrogen-bond acceptors (Lipinski definition) is 8. The van der Waals surface area contributed by atoms with Gasteiger partial charge in [0.05, 0.1) is 7.11 Å². The number of benzene rings is 2. The molecule has 0 heterocycles. The van der Waals surface area contributed by atoms with E-state index in [2.05, 4.69) is 5.32 Å². The van der Waals surface area contributed by atoms with E-state index in [0.717, 1.165) is 11.1 Å².